The van der Waals surface area contributed by atoms with E-state index in [2.05, 4.69) is 20.5 Å². The number of carbonyl (C=O) groups excluding carboxylic acids is 1. The van der Waals surface area contributed by atoms with Crippen LogP contribution in [0.25, 0.3) is 11.3 Å². The number of nitrogens with one attached hydrogen (secondary N) is 2. The Kier molecular flexibility index (Phi) is 6.72. The predicted octanol–water partition coefficient (Wildman–Crippen LogP) is 3.53. The Morgan fingerprint density at radius 1 is 1.11 bits per heavy atom. The first-order valence-corrected chi connectivity index (χ1v) is 10.7. The standard InChI is InChI=1S/C23H24F3N5O4/c1-33-18-8-13(9-19(34-2)21(18)35-3)16-10-17(30-29-16)22(32)28-15-6-7-31(12-15)20-5-4-14(11-27-20)23(24,25)26/h4-5,8-11,15H,6-7,12H2,1-3H3,(H,28,32)(H,29,30). The molecular weight excluding hydrogens is 467 g/mol. The molecule has 1 amide bonds. The smallest absolute Gasteiger partial charge is 0.417 e. The Morgan fingerprint density at radius 3 is 2.40 bits per heavy atom. The van der Waals surface area contributed by atoms with Crippen LogP contribution >= 0.6 is 0 Å². The van der Waals surface area contributed by atoms with Gasteiger partial charge in [-0.25, -0.2) is 4.98 Å². The van der Waals surface area contributed by atoms with Crippen molar-refractivity contribution in [1.82, 2.24) is 20.5 Å². The lowest BCUT2D eigenvalue weighted by atomic mass is 10.1. The first-order chi connectivity index (χ1) is 16.7. The number of anilines is 1. The maximum absolute atomic E-state index is 12.8. The van der Waals surface area contributed by atoms with Gasteiger partial charge in [-0.1, -0.05) is 0 Å². The van der Waals surface area contributed by atoms with Gasteiger partial charge in [0.15, 0.2) is 11.5 Å². The van der Waals surface area contributed by atoms with Gasteiger partial charge in [0, 0.05) is 30.9 Å². The highest BCUT2D eigenvalue weighted by Gasteiger charge is 2.32. The highest BCUT2D eigenvalue weighted by molar-refractivity contribution is 5.93. The first-order valence-electron chi connectivity index (χ1n) is 10.7. The van der Waals surface area contributed by atoms with Crippen LogP contribution in [0.1, 0.15) is 22.5 Å². The fraction of sp³-hybridized carbons (Fsp3) is 0.348. The Labute approximate surface area is 199 Å². The van der Waals surface area contributed by atoms with Crippen molar-refractivity contribution in [1.29, 1.82) is 0 Å². The molecule has 3 heterocycles. The maximum atomic E-state index is 12.8. The zero-order valence-electron chi connectivity index (χ0n) is 19.3. The van der Waals surface area contributed by atoms with Gasteiger partial charge in [0.2, 0.25) is 5.75 Å². The van der Waals surface area contributed by atoms with Crippen molar-refractivity contribution < 1.29 is 32.2 Å². The summed E-state index contributed by atoms with van der Waals surface area (Å²) in [5.41, 5.74) is 0.638. The molecule has 1 aromatic carbocycles. The van der Waals surface area contributed by atoms with Crippen molar-refractivity contribution in [3.8, 4) is 28.5 Å². The minimum atomic E-state index is -4.43. The number of ether oxygens (including phenoxy) is 3. The van der Waals surface area contributed by atoms with E-state index in [1.165, 1.54) is 27.4 Å². The van der Waals surface area contributed by atoms with Crippen LogP contribution in [0, 0.1) is 0 Å². The molecule has 1 fully saturated rings. The van der Waals surface area contributed by atoms with Gasteiger partial charge in [-0.15, -0.1) is 0 Å². The predicted molar refractivity (Wildman–Crippen MR) is 121 cm³/mol. The van der Waals surface area contributed by atoms with Gasteiger partial charge in [0.1, 0.15) is 11.5 Å². The number of pyridine rings is 1. The molecule has 186 valence electrons. The summed E-state index contributed by atoms with van der Waals surface area (Å²) in [4.78, 5) is 18.5. The third-order valence-corrected chi connectivity index (χ3v) is 5.71. The number of methoxy groups -OCH3 is 3. The normalized spacial score (nSPS) is 15.7. The third kappa shape index (κ3) is 5.10. The van der Waals surface area contributed by atoms with Gasteiger partial charge in [-0.05, 0) is 36.8 Å². The largest absolute Gasteiger partial charge is 0.493 e. The van der Waals surface area contributed by atoms with E-state index in [1.54, 1.807) is 18.2 Å². The summed E-state index contributed by atoms with van der Waals surface area (Å²) >= 11 is 0. The highest BCUT2D eigenvalue weighted by atomic mass is 19.4. The lowest BCUT2D eigenvalue weighted by Crippen LogP contribution is -2.37. The molecular formula is C23H24F3N5O4. The van der Waals surface area contributed by atoms with Crippen LogP contribution in [-0.4, -0.2) is 61.5 Å². The van der Waals surface area contributed by atoms with E-state index in [-0.39, 0.29) is 17.6 Å². The van der Waals surface area contributed by atoms with Crippen molar-refractivity contribution in [2.24, 2.45) is 0 Å². The summed E-state index contributed by atoms with van der Waals surface area (Å²) < 4.78 is 54.3. The summed E-state index contributed by atoms with van der Waals surface area (Å²) in [6.07, 6.45) is -2.99. The summed E-state index contributed by atoms with van der Waals surface area (Å²) in [5.74, 6) is 1.45. The number of H-pyrrole nitrogens is 1. The second-order valence-electron chi connectivity index (χ2n) is 7.89. The van der Waals surface area contributed by atoms with Gasteiger partial charge < -0.3 is 24.4 Å². The van der Waals surface area contributed by atoms with Crippen molar-refractivity contribution in [2.75, 3.05) is 39.3 Å². The number of rotatable bonds is 7. The van der Waals surface area contributed by atoms with Gasteiger partial charge in [0.25, 0.3) is 5.91 Å². The van der Waals surface area contributed by atoms with E-state index in [4.69, 9.17) is 14.2 Å². The van der Waals surface area contributed by atoms with Crippen LogP contribution in [0.15, 0.2) is 36.5 Å². The Morgan fingerprint density at radius 2 is 1.83 bits per heavy atom. The zero-order valence-corrected chi connectivity index (χ0v) is 19.3. The van der Waals surface area contributed by atoms with Crippen LogP contribution in [0.2, 0.25) is 0 Å². The third-order valence-electron chi connectivity index (χ3n) is 5.71. The molecule has 0 saturated carbocycles. The van der Waals surface area contributed by atoms with E-state index < -0.39 is 11.7 Å². The number of carbonyl (C=O) groups is 1. The molecule has 2 N–H and O–H groups in total. The molecule has 2 aromatic heterocycles. The van der Waals surface area contributed by atoms with E-state index in [1.807, 2.05) is 4.90 Å². The number of nitrogens with zero attached hydrogens (tertiary/aromatic N) is 3. The first kappa shape index (κ1) is 24.2. The zero-order chi connectivity index (χ0) is 25.2. The quantitative estimate of drug-likeness (QED) is 0.522. The molecule has 12 heteroatoms. The number of benzene rings is 1. The van der Waals surface area contributed by atoms with Crippen LogP contribution in [0.4, 0.5) is 19.0 Å². The van der Waals surface area contributed by atoms with Gasteiger partial charge in [0.05, 0.1) is 32.6 Å². The molecule has 1 unspecified atom stereocenters. The molecule has 1 atom stereocenters. The maximum Gasteiger partial charge on any atom is 0.417 e. The lowest BCUT2D eigenvalue weighted by molar-refractivity contribution is -0.137. The minimum absolute atomic E-state index is 0.195. The second-order valence-corrected chi connectivity index (χ2v) is 7.89. The average molecular weight is 491 g/mol. The number of hydrogen-bond acceptors (Lipinski definition) is 7. The SMILES string of the molecule is COc1cc(-c2cc(C(=O)NC3CCN(c4ccc(C(F)(F)F)cn4)C3)[nH]n2)cc(OC)c1OC. The van der Waals surface area contributed by atoms with Crippen molar-refractivity contribution in [3.05, 3.63) is 47.8 Å². The average Bonchev–Trinajstić information content (AvgIpc) is 3.53. The van der Waals surface area contributed by atoms with Gasteiger partial charge in [-0.2, -0.15) is 18.3 Å². The molecule has 1 aliphatic rings. The van der Waals surface area contributed by atoms with Crippen molar-refractivity contribution in [2.45, 2.75) is 18.6 Å². The minimum Gasteiger partial charge on any atom is -0.493 e. The number of amides is 1. The summed E-state index contributed by atoms with van der Waals surface area (Å²) in [5, 5.41) is 9.90. The number of aromatic nitrogens is 3. The molecule has 0 bridgehead atoms. The second kappa shape index (κ2) is 9.72. The van der Waals surface area contributed by atoms with E-state index in [0.29, 0.717) is 53.8 Å². The number of halogens is 3. The number of hydrogen-bond donors (Lipinski definition) is 2. The van der Waals surface area contributed by atoms with Crippen LogP contribution in [0.5, 0.6) is 17.2 Å². The van der Waals surface area contributed by atoms with E-state index >= 15 is 0 Å². The molecule has 9 nitrogen and oxygen atoms in total. The summed E-state index contributed by atoms with van der Waals surface area (Å²) in [6.45, 7) is 0.987. The van der Waals surface area contributed by atoms with E-state index in [9.17, 15) is 18.0 Å². The van der Waals surface area contributed by atoms with Gasteiger partial charge >= 0.3 is 6.18 Å². The summed E-state index contributed by atoms with van der Waals surface area (Å²) in [6, 6.07) is 7.21. The molecule has 0 aliphatic carbocycles. The number of aromatic amines is 1. The molecule has 3 aromatic rings. The fourth-order valence-electron chi connectivity index (χ4n) is 3.91. The Balaban J connectivity index is 1.42. The van der Waals surface area contributed by atoms with Crippen LogP contribution in [0.3, 0.4) is 0 Å². The fourth-order valence-corrected chi connectivity index (χ4v) is 3.91. The monoisotopic (exact) mass is 491 g/mol. The topological polar surface area (TPSA) is 102 Å². The molecule has 1 saturated heterocycles. The highest BCUT2D eigenvalue weighted by Crippen LogP contribution is 2.40. The molecule has 1 aliphatic heterocycles. The van der Waals surface area contributed by atoms with Crippen LogP contribution in [-0.2, 0) is 6.18 Å². The van der Waals surface area contributed by atoms with Crippen molar-refractivity contribution in [3.63, 3.8) is 0 Å². The molecule has 4 rings (SSSR count). The van der Waals surface area contributed by atoms with E-state index in [0.717, 1.165) is 12.3 Å². The Hall–Kier alpha value is -3.96. The van der Waals surface area contributed by atoms with Crippen molar-refractivity contribution >= 4 is 11.7 Å². The molecule has 0 spiro atoms. The van der Waals surface area contributed by atoms with Crippen LogP contribution < -0.4 is 24.4 Å². The lowest BCUT2D eigenvalue weighted by Gasteiger charge is -2.18. The summed E-state index contributed by atoms with van der Waals surface area (Å²) in [7, 11) is 4.53. The number of alkyl halides is 3. The Bertz CT molecular complexity index is 1170. The molecule has 35 heavy (non-hydrogen) atoms. The van der Waals surface area contributed by atoms with Gasteiger partial charge in [-0.3, -0.25) is 9.89 Å². The molecule has 0 radical (unpaired) electrons.